The number of nitrogens with one attached hydrogen (secondary N) is 2. The summed E-state index contributed by atoms with van der Waals surface area (Å²) in [4.78, 5) is 20.1. The smallest absolute Gasteiger partial charge is 0.274 e. The molecule has 4 aromatic rings. The summed E-state index contributed by atoms with van der Waals surface area (Å²) >= 11 is 0. The van der Waals surface area contributed by atoms with Gasteiger partial charge in [-0.15, -0.1) is 0 Å². The number of pyridine rings is 1. The van der Waals surface area contributed by atoms with E-state index >= 15 is 0 Å². The SMILES string of the molecule is O=C(NO)c1ccc(Cn2ccc3cc([NH+]4CCN(Cc5ccc(F)cc5)CC4)cnc32)cc1. The van der Waals surface area contributed by atoms with Crippen molar-refractivity contribution < 1.29 is 19.3 Å². The van der Waals surface area contributed by atoms with Gasteiger partial charge >= 0.3 is 0 Å². The molecular formula is C26H27FN5O2+. The molecule has 5 rings (SSSR count). The highest BCUT2D eigenvalue weighted by molar-refractivity contribution is 5.93. The minimum absolute atomic E-state index is 0.195. The van der Waals surface area contributed by atoms with E-state index in [0.29, 0.717) is 12.1 Å². The standard InChI is InChI=1S/C26H26FN5O2/c27-23-7-3-19(4-8-23)17-30-11-13-31(14-12-30)24-15-22-9-10-32(25(22)28-16-24)18-20-1-5-21(6-2-20)26(33)29-34/h1-10,15-16,34H,11-14,17-18H2,(H,29,33)/p+1. The number of halogens is 1. The van der Waals surface area contributed by atoms with Crippen LogP contribution in [0.15, 0.2) is 73.1 Å². The Bertz CT molecular complexity index is 1280. The maximum atomic E-state index is 13.1. The van der Waals surface area contributed by atoms with Gasteiger partial charge in [-0.05, 0) is 41.5 Å². The molecular weight excluding hydrogens is 433 g/mol. The second kappa shape index (κ2) is 9.72. The van der Waals surface area contributed by atoms with E-state index < -0.39 is 5.91 Å². The van der Waals surface area contributed by atoms with Crippen LogP contribution in [0.4, 0.5) is 10.1 Å². The van der Waals surface area contributed by atoms with Crippen molar-refractivity contribution in [2.75, 3.05) is 26.2 Å². The van der Waals surface area contributed by atoms with Crippen LogP contribution in [0.5, 0.6) is 0 Å². The molecule has 8 heteroatoms. The van der Waals surface area contributed by atoms with Gasteiger partial charge in [0, 0.05) is 49.4 Å². The Morgan fingerprint density at radius 1 is 1.00 bits per heavy atom. The van der Waals surface area contributed by atoms with Crippen LogP contribution in [-0.2, 0) is 13.1 Å². The Balaban J connectivity index is 1.22. The second-order valence-corrected chi connectivity index (χ2v) is 8.72. The maximum absolute atomic E-state index is 13.1. The molecule has 1 aliphatic rings. The molecule has 0 spiro atoms. The first-order valence-corrected chi connectivity index (χ1v) is 11.4. The molecule has 0 atom stereocenters. The predicted molar refractivity (Wildman–Crippen MR) is 127 cm³/mol. The summed E-state index contributed by atoms with van der Waals surface area (Å²) in [5.41, 5.74) is 6.36. The van der Waals surface area contributed by atoms with Gasteiger partial charge in [-0.25, -0.2) is 14.9 Å². The molecule has 0 aliphatic carbocycles. The van der Waals surface area contributed by atoms with Crippen molar-refractivity contribution in [2.45, 2.75) is 13.1 Å². The fourth-order valence-electron chi connectivity index (χ4n) is 4.54. The number of aromatic nitrogens is 2. The largest absolute Gasteiger partial charge is 0.328 e. The Labute approximate surface area is 197 Å². The summed E-state index contributed by atoms with van der Waals surface area (Å²) in [5.74, 6) is -0.717. The first kappa shape index (κ1) is 22.2. The number of piperazine rings is 1. The number of quaternary nitrogens is 1. The van der Waals surface area contributed by atoms with Gasteiger partial charge in [0.05, 0.1) is 19.3 Å². The van der Waals surface area contributed by atoms with Gasteiger partial charge in [-0.2, -0.15) is 0 Å². The number of amides is 1. The number of hydrogen-bond donors (Lipinski definition) is 3. The summed E-state index contributed by atoms with van der Waals surface area (Å²) < 4.78 is 15.2. The molecule has 1 fully saturated rings. The number of rotatable bonds is 6. The van der Waals surface area contributed by atoms with E-state index in [0.717, 1.165) is 54.9 Å². The first-order chi connectivity index (χ1) is 16.6. The Kier molecular flexibility index (Phi) is 6.35. The molecule has 2 aromatic carbocycles. The van der Waals surface area contributed by atoms with Gasteiger partial charge in [0.2, 0.25) is 0 Å². The minimum Gasteiger partial charge on any atom is -0.328 e. The number of nitrogens with zero attached hydrogens (tertiary/aromatic N) is 3. The molecule has 7 nitrogen and oxygen atoms in total. The van der Waals surface area contributed by atoms with Crippen LogP contribution in [0.25, 0.3) is 11.0 Å². The molecule has 0 radical (unpaired) electrons. The normalized spacial score (nSPS) is 15.0. The van der Waals surface area contributed by atoms with Crippen LogP contribution in [0, 0.1) is 5.82 Å². The maximum Gasteiger partial charge on any atom is 0.274 e. The zero-order valence-electron chi connectivity index (χ0n) is 18.7. The Morgan fingerprint density at radius 3 is 2.38 bits per heavy atom. The molecule has 0 saturated carbocycles. The average Bonchev–Trinajstić information content (AvgIpc) is 3.27. The van der Waals surface area contributed by atoms with Crippen molar-refractivity contribution in [3.8, 4) is 0 Å². The fourth-order valence-corrected chi connectivity index (χ4v) is 4.54. The molecule has 3 N–H and O–H groups in total. The van der Waals surface area contributed by atoms with Gasteiger partial charge in [0.15, 0.2) is 5.69 Å². The number of hydrogen-bond acceptors (Lipinski definition) is 4. The Hall–Kier alpha value is -3.59. The summed E-state index contributed by atoms with van der Waals surface area (Å²) in [6.07, 6.45) is 4.00. The molecule has 2 aromatic heterocycles. The zero-order chi connectivity index (χ0) is 23.5. The highest BCUT2D eigenvalue weighted by Crippen LogP contribution is 2.18. The van der Waals surface area contributed by atoms with Crippen molar-refractivity contribution in [3.05, 3.63) is 95.6 Å². The third kappa shape index (κ3) is 4.84. The van der Waals surface area contributed by atoms with Gasteiger partial charge in [0.1, 0.15) is 11.5 Å². The lowest BCUT2D eigenvalue weighted by atomic mass is 10.1. The second-order valence-electron chi connectivity index (χ2n) is 8.72. The monoisotopic (exact) mass is 460 g/mol. The fraction of sp³-hybridized carbons (Fsp3) is 0.231. The molecule has 0 unspecified atom stereocenters. The molecule has 1 saturated heterocycles. The van der Waals surface area contributed by atoms with Crippen molar-refractivity contribution in [1.82, 2.24) is 19.9 Å². The lowest BCUT2D eigenvalue weighted by Crippen LogP contribution is -3.10. The van der Waals surface area contributed by atoms with E-state index in [2.05, 4.69) is 21.6 Å². The van der Waals surface area contributed by atoms with Crippen LogP contribution in [0.1, 0.15) is 21.5 Å². The number of benzene rings is 2. The number of hydroxylamine groups is 1. The van der Waals surface area contributed by atoms with Crippen molar-refractivity contribution in [3.63, 3.8) is 0 Å². The summed E-state index contributed by atoms with van der Waals surface area (Å²) in [5, 5.41) is 9.86. The average molecular weight is 461 g/mol. The highest BCUT2D eigenvalue weighted by Gasteiger charge is 2.22. The topological polar surface area (TPSA) is 74.8 Å². The van der Waals surface area contributed by atoms with E-state index in [4.69, 9.17) is 10.2 Å². The van der Waals surface area contributed by atoms with E-state index in [1.54, 1.807) is 17.6 Å². The summed E-state index contributed by atoms with van der Waals surface area (Å²) in [6.45, 7) is 5.46. The number of fused-ring (bicyclic) bond motifs is 1. The quantitative estimate of drug-likeness (QED) is 0.305. The van der Waals surface area contributed by atoms with Crippen LogP contribution >= 0.6 is 0 Å². The Morgan fingerprint density at radius 2 is 1.68 bits per heavy atom. The predicted octanol–water partition coefficient (Wildman–Crippen LogP) is 2.37. The van der Waals surface area contributed by atoms with Crippen LogP contribution in [0.2, 0.25) is 0 Å². The molecule has 3 heterocycles. The molecule has 0 bridgehead atoms. The summed E-state index contributed by atoms with van der Waals surface area (Å²) in [6, 6.07) is 18.2. The zero-order valence-corrected chi connectivity index (χ0v) is 18.7. The van der Waals surface area contributed by atoms with E-state index in [-0.39, 0.29) is 5.82 Å². The van der Waals surface area contributed by atoms with Crippen LogP contribution in [-0.4, -0.2) is 51.7 Å². The van der Waals surface area contributed by atoms with Gasteiger partial charge in [-0.1, -0.05) is 24.3 Å². The minimum atomic E-state index is -0.522. The molecule has 1 amide bonds. The lowest BCUT2D eigenvalue weighted by molar-refractivity contribution is -0.838. The number of carbonyl (C=O) groups is 1. The van der Waals surface area contributed by atoms with Crippen LogP contribution in [0.3, 0.4) is 0 Å². The first-order valence-electron chi connectivity index (χ1n) is 11.4. The molecule has 174 valence electrons. The highest BCUT2D eigenvalue weighted by atomic mass is 19.1. The van der Waals surface area contributed by atoms with Gasteiger partial charge < -0.3 is 4.57 Å². The number of carbonyl (C=O) groups excluding carboxylic acids is 1. The van der Waals surface area contributed by atoms with Crippen molar-refractivity contribution >= 4 is 22.6 Å². The molecule has 34 heavy (non-hydrogen) atoms. The van der Waals surface area contributed by atoms with E-state index in [9.17, 15) is 9.18 Å². The van der Waals surface area contributed by atoms with Gasteiger partial charge in [0.25, 0.3) is 5.91 Å². The lowest BCUT2D eigenvalue weighted by Gasteiger charge is -2.31. The van der Waals surface area contributed by atoms with E-state index in [1.165, 1.54) is 22.7 Å². The van der Waals surface area contributed by atoms with E-state index in [1.807, 2.05) is 36.7 Å². The van der Waals surface area contributed by atoms with Crippen molar-refractivity contribution in [2.24, 2.45) is 0 Å². The van der Waals surface area contributed by atoms with Gasteiger partial charge in [-0.3, -0.25) is 19.8 Å². The molecule has 1 aliphatic heterocycles. The summed E-state index contributed by atoms with van der Waals surface area (Å²) in [7, 11) is 0. The third-order valence-electron chi connectivity index (χ3n) is 6.46. The van der Waals surface area contributed by atoms with Crippen LogP contribution < -0.4 is 10.4 Å². The van der Waals surface area contributed by atoms with Crippen molar-refractivity contribution in [1.29, 1.82) is 0 Å². The third-order valence-corrected chi connectivity index (χ3v) is 6.46.